The molecule has 26 heavy (non-hydrogen) atoms. The lowest BCUT2D eigenvalue weighted by Gasteiger charge is -2.19. The molecular formula is C20H22F2O4. The first-order chi connectivity index (χ1) is 12.2. The molecule has 0 aliphatic heterocycles. The molecule has 0 aliphatic rings. The van der Waals surface area contributed by atoms with Crippen LogP contribution in [0.15, 0.2) is 42.5 Å². The van der Waals surface area contributed by atoms with Gasteiger partial charge in [-0.15, -0.1) is 0 Å². The Labute approximate surface area is 151 Å². The second-order valence-electron chi connectivity index (χ2n) is 6.77. The summed E-state index contributed by atoms with van der Waals surface area (Å²) in [6, 6.07) is 11.4. The van der Waals surface area contributed by atoms with Gasteiger partial charge in [0.1, 0.15) is 18.0 Å². The minimum atomic E-state index is -2.59. The normalized spacial score (nSPS) is 11.5. The van der Waals surface area contributed by atoms with Gasteiger partial charge in [-0.1, -0.05) is 18.2 Å². The van der Waals surface area contributed by atoms with Gasteiger partial charge in [-0.25, -0.2) is 13.6 Å². The molecule has 0 saturated carbocycles. The molecule has 6 heteroatoms. The largest absolute Gasteiger partial charge is 0.487 e. The van der Waals surface area contributed by atoms with Crippen molar-refractivity contribution in [1.82, 2.24) is 0 Å². The number of benzene rings is 2. The fourth-order valence-corrected chi connectivity index (χ4v) is 2.30. The molecule has 0 aromatic heterocycles. The highest BCUT2D eigenvalue weighted by atomic mass is 19.3. The number of aliphatic hydroxyl groups is 1. The minimum absolute atomic E-state index is 0.182. The summed E-state index contributed by atoms with van der Waals surface area (Å²) in [5.41, 5.74) is 1.66. The Morgan fingerprint density at radius 3 is 2.31 bits per heavy atom. The Kier molecular flexibility index (Phi) is 6.32. The summed E-state index contributed by atoms with van der Waals surface area (Å²) in [7, 11) is 0. The van der Waals surface area contributed by atoms with Gasteiger partial charge in [0.2, 0.25) is 0 Å². The third-order valence-electron chi connectivity index (χ3n) is 3.42. The van der Waals surface area contributed by atoms with E-state index in [9.17, 15) is 18.7 Å². The SMILES string of the molecule is CC(C)(C)OC(=O)c1ccc(-c2cc(CO)ccc2OCC(F)F)cc1. The number of halogens is 2. The molecule has 2 rings (SSSR count). The second-order valence-corrected chi connectivity index (χ2v) is 6.77. The molecule has 0 heterocycles. The second kappa shape index (κ2) is 8.27. The average molecular weight is 364 g/mol. The summed E-state index contributed by atoms with van der Waals surface area (Å²) in [5, 5.41) is 9.32. The zero-order chi connectivity index (χ0) is 19.3. The van der Waals surface area contributed by atoms with E-state index < -0.39 is 24.6 Å². The van der Waals surface area contributed by atoms with Crippen LogP contribution in [0.4, 0.5) is 8.78 Å². The molecule has 0 spiro atoms. The summed E-state index contributed by atoms with van der Waals surface area (Å²) in [6.45, 7) is 4.45. The zero-order valence-corrected chi connectivity index (χ0v) is 15.0. The molecule has 0 aliphatic carbocycles. The van der Waals surface area contributed by atoms with Crippen LogP contribution >= 0.6 is 0 Å². The van der Waals surface area contributed by atoms with Gasteiger partial charge < -0.3 is 14.6 Å². The highest BCUT2D eigenvalue weighted by Gasteiger charge is 2.18. The van der Waals surface area contributed by atoms with E-state index in [2.05, 4.69) is 0 Å². The van der Waals surface area contributed by atoms with Gasteiger partial charge >= 0.3 is 5.97 Å². The summed E-state index contributed by atoms with van der Waals surface area (Å²) >= 11 is 0. The molecule has 0 saturated heterocycles. The number of alkyl halides is 2. The van der Waals surface area contributed by atoms with Crippen LogP contribution in [0.2, 0.25) is 0 Å². The van der Waals surface area contributed by atoms with Crippen molar-refractivity contribution in [2.24, 2.45) is 0 Å². The molecule has 1 N–H and O–H groups in total. The van der Waals surface area contributed by atoms with Crippen LogP contribution in [0.25, 0.3) is 11.1 Å². The van der Waals surface area contributed by atoms with E-state index in [1.807, 2.05) is 0 Å². The van der Waals surface area contributed by atoms with Crippen LogP contribution in [-0.4, -0.2) is 29.7 Å². The van der Waals surface area contributed by atoms with E-state index in [-0.39, 0.29) is 12.4 Å². The topological polar surface area (TPSA) is 55.8 Å². The first-order valence-corrected chi connectivity index (χ1v) is 8.18. The Morgan fingerprint density at radius 2 is 1.77 bits per heavy atom. The minimum Gasteiger partial charge on any atom is -0.487 e. The lowest BCUT2D eigenvalue weighted by Crippen LogP contribution is -2.23. The van der Waals surface area contributed by atoms with Gasteiger partial charge in [0.25, 0.3) is 6.43 Å². The number of esters is 1. The van der Waals surface area contributed by atoms with Crippen molar-refractivity contribution >= 4 is 5.97 Å². The summed E-state index contributed by atoms with van der Waals surface area (Å²) in [5.74, 6) is -0.158. The lowest BCUT2D eigenvalue weighted by molar-refractivity contribution is 0.00695. The van der Waals surface area contributed by atoms with Crippen molar-refractivity contribution in [2.45, 2.75) is 39.4 Å². The van der Waals surface area contributed by atoms with Crippen molar-refractivity contribution in [1.29, 1.82) is 0 Å². The summed E-state index contributed by atoms with van der Waals surface area (Å²) in [6.07, 6.45) is -2.59. The summed E-state index contributed by atoms with van der Waals surface area (Å²) in [4.78, 5) is 12.1. The van der Waals surface area contributed by atoms with Gasteiger partial charge in [-0.05, 0) is 56.2 Å². The first kappa shape index (κ1) is 19.8. The number of hydrogen-bond donors (Lipinski definition) is 1. The predicted molar refractivity (Wildman–Crippen MR) is 94.5 cm³/mol. The fraction of sp³-hybridized carbons (Fsp3) is 0.350. The maximum Gasteiger partial charge on any atom is 0.338 e. The Morgan fingerprint density at radius 1 is 1.12 bits per heavy atom. The van der Waals surface area contributed by atoms with Gasteiger partial charge in [0, 0.05) is 5.56 Å². The van der Waals surface area contributed by atoms with E-state index in [1.165, 1.54) is 0 Å². The monoisotopic (exact) mass is 364 g/mol. The summed E-state index contributed by atoms with van der Waals surface area (Å²) < 4.78 is 35.4. The number of carbonyl (C=O) groups excluding carboxylic acids is 1. The first-order valence-electron chi connectivity index (χ1n) is 8.18. The maximum absolute atomic E-state index is 12.5. The van der Waals surface area contributed by atoms with Crippen molar-refractivity contribution < 1.29 is 28.2 Å². The Hall–Kier alpha value is -2.47. The Bertz CT molecular complexity index is 749. The molecule has 4 nitrogen and oxygen atoms in total. The van der Waals surface area contributed by atoms with Gasteiger partial charge in [-0.2, -0.15) is 0 Å². The molecule has 0 atom stereocenters. The molecule has 0 fully saturated rings. The van der Waals surface area contributed by atoms with E-state index in [4.69, 9.17) is 9.47 Å². The highest BCUT2D eigenvalue weighted by molar-refractivity contribution is 5.90. The third-order valence-corrected chi connectivity index (χ3v) is 3.42. The number of hydrogen-bond acceptors (Lipinski definition) is 4. The molecule has 2 aromatic rings. The number of rotatable bonds is 6. The van der Waals surface area contributed by atoms with Crippen LogP contribution in [-0.2, 0) is 11.3 Å². The van der Waals surface area contributed by atoms with Crippen LogP contribution in [0.3, 0.4) is 0 Å². The molecule has 2 aromatic carbocycles. The quantitative estimate of drug-likeness (QED) is 0.770. The van der Waals surface area contributed by atoms with Crippen molar-refractivity contribution in [2.75, 3.05) is 6.61 Å². The van der Waals surface area contributed by atoms with E-state index in [0.717, 1.165) is 0 Å². The van der Waals surface area contributed by atoms with Gasteiger partial charge in [0.15, 0.2) is 0 Å². The smallest absolute Gasteiger partial charge is 0.338 e. The van der Waals surface area contributed by atoms with E-state index >= 15 is 0 Å². The third kappa shape index (κ3) is 5.52. The highest BCUT2D eigenvalue weighted by Crippen LogP contribution is 2.32. The number of aliphatic hydroxyl groups excluding tert-OH is 1. The zero-order valence-electron chi connectivity index (χ0n) is 15.0. The lowest BCUT2D eigenvalue weighted by atomic mass is 10.0. The molecule has 0 amide bonds. The molecule has 140 valence electrons. The van der Waals surface area contributed by atoms with Gasteiger partial charge in [-0.3, -0.25) is 0 Å². The molecule has 0 unspecified atom stereocenters. The molecule has 0 radical (unpaired) electrons. The van der Waals surface area contributed by atoms with Crippen LogP contribution in [0, 0.1) is 0 Å². The standard InChI is InChI=1S/C20H22F2O4/c1-20(2,3)26-19(24)15-7-5-14(6-8-15)16-10-13(11-23)4-9-17(16)25-12-18(21)22/h4-10,18,23H,11-12H2,1-3H3. The maximum atomic E-state index is 12.5. The van der Waals surface area contributed by atoms with Crippen molar-refractivity contribution in [3.63, 3.8) is 0 Å². The van der Waals surface area contributed by atoms with E-state index in [1.54, 1.807) is 63.2 Å². The average Bonchev–Trinajstić information content (AvgIpc) is 2.58. The predicted octanol–water partition coefficient (Wildman–Crippen LogP) is 4.45. The van der Waals surface area contributed by atoms with Crippen molar-refractivity contribution in [3.8, 4) is 16.9 Å². The van der Waals surface area contributed by atoms with E-state index in [0.29, 0.717) is 22.3 Å². The molecule has 0 bridgehead atoms. The van der Waals surface area contributed by atoms with Gasteiger partial charge in [0.05, 0.1) is 12.2 Å². The number of ether oxygens (including phenoxy) is 2. The number of carbonyl (C=O) groups is 1. The van der Waals surface area contributed by atoms with Crippen LogP contribution in [0.1, 0.15) is 36.7 Å². The molecular weight excluding hydrogens is 342 g/mol. The van der Waals surface area contributed by atoms with Crippen molar-refractivity contribution in [3.05, 3.63) is 53.6 Å². The Balaban J connectivity index is 2.30. The van der Waals surface area contributed by atoms with Crippen LogP contribution in [0.5, 0.6) is 5.75 Å². The fourth-order valence-electron chi connectivity index (χ4n) is 2.30. The van der Waals surface area contributed by atoms with Crippen LogP contribution < -0.4 is 4.74 Å².